The van der Waals surface area contributed by atoms with E-state index in [1.54, 1.807) is 0 Å². The molecule has 1 unspecified atom stereocenters. The lowest BCUT2D eigenvalue weighted by Gasteiger charge is -2.22. The van der Waals surface area contributed by atoms with Crippen molar-refractivity contribution in [1.82, 2.24) is 0 Å². The van der Waals surface area contributed by atoms with Gasteiger partial charge in [0.15, 0.2) is 0 Å². The molecule has 110 valence electrons. The van der Waals surface area contributed by atoms with Crippen LogP contribution in [0.25, 0.3) is 0 Å². The van der Waals surface area contributed by atoms with Crippen LogP contribution in [0.3, 0.4) is 0 Å². The van der Waals surface area contributed by atoms with Crippen LogP contribution in [0.15, 0.2) is 30.3 Å². The van der Waals surface area contributed by atoms with Crippen LogP contribution in [0.4, 0.5) is 0 Å². The molecule has 0 spiro atoms. The van der Waals surface area contributed by atoms with E-state index in [1.807, 2.05) is 49.0 Å². The maximum atomic E-state index is 11.9. The summed E-state index contributed by atoms with van der Waals surface area (Å²) in [4.78, 5) is 11.9. The van der Waals surface area contributed by atoms with Gasteiger partial charge in [-0.1, -0.05) is 37.3 Å². The molecule has 3 nitrogen and oxygen atoms in total. The quantitative estimate of drug-likeness (QED) is 0.754. The lowest BCUT2D eigenvalue weighted by atomic mass is 10.2. The summed E-state index contributed by atoms with van der Waals surface area (Å²) in [5.74, 6) is 0.679. The normalized spacial score (nSPS) is 17.6. The highest BCUT2D eigenvalue weighted by molar-refractivity contribution is 7.99. The highest BCUT2D eigenvalue weighted by Crippen LogP contribution is 2.24. The van der Waals surface area contributed by atoms with Gasteiger partial charge >= 0.3 is 5.97 Å². The SMILES string of the molecule is CC(CSC1CCOCC1)C(=O)OCc1ccccc1. The second kappa shape index (κ2) is 8.32. The first-order chi connectivity index (χ1) is 9.75. The fraction of sp³-hybridized carbons (Fsp3) is 0.562. The smallest absolute Gasteiger partial charge is 0.309 e. The number of benzene rings is 1. The first kappa shape index (κ1) is 15.4. The van der Waals surface area contributed by atoms with Gasteiger partial charge in [0, 0.05) is 24.2 Å². The van der Waals surface area contributed by atoms with Crippen molar-refractivity contribution in [2.75, 3.05) is 19.0 Å². The van der Waals surface area contributed by atoms with E-state index >= 15 is 0 Å². The highest BCUT2D eigenvalue weighted by atomic mass is 32.2. The van der Waals surface area contributed by atoms with Gasteiger partial charge in [0.1, 0.15) is 6.61 Å². The molecule has 1 aliphatic rings. The average molecular weight is 294 g/mol. The molecule has 0 bridgehead atoms. The molecule has 1 heterocycles. The summed E-state index contributed by atoms with van der Waals surface area (Å²) in [5.41, 5.74) is 1.03. The number of hydrogen-bond acceptors (Lipinski definition) is 4. The topological polar surface area (TPSA) is 35.5 Å². The number of carbonyl (C=O) groups excluding carboxylic acids is 1. The third kappa shape index (κ3) is 5.17. The van der Waals surface area contributed by atoms with Gasteiger partial charge in [-0.25, -0.2) is 0 Å². The molecule has 0 radical (unpaired) electrons. The van der Waals surface area contributed by atoms with Crippen LogP contribution in [0, 0.1) is 5.92 Å². The van der Waals surface area contributed by atoms with Gasteiger partial charge in [0.05, 0.1) is 5.92 Å². The predicted octanol–water partition coefficient (Wildman–Crippen LogP) is 3.28. The maximum absolute atomic E-state index is 11.9. The van der Waals surface area contributed by atoms with Crippen LogP contribution >= 0.6 is 11.8 Å². The molecule has 20 heavy (non-hydrogen) atoms. The zero-order valence-electron chi connectivity index (χ0n) is 11.9. The Morgan fingerprint density at radius 1 is 1.35 bits per heavy atom. The molecule has 1 fully saturated rings. The Kier molecular flexibility index (Phi) is 6.40. The number of hydrogen-bond donors (Lipinski definition) is 0. The lowest BCUT2D eigenvalue weighted by Crippen LogP contribution is -2.22. The summed E-state index contributed by atoms with van der Waals surface area (Å²) in [5, 5.41) is 0.633. The Morgan fingerprint density at radius 3 is 2.75 bits per heavy atom. The number of ether oxygens (including phenoxy) is 2. The van der Waals surface area contributed by atoms with Crippen molar-refractivity contribution in [3.05, 3.63) is 35.9 Å². The minimum absolute atomic E-state index is 0.0495. The van der Waals surface area contributed by atoms with Gasteiger partial charge in [-0.05, 0) is 18.4 Å². The number of carbonyl (C=O) groups is 1. The van der Waals surface area contributed by atoms with E-state index in [1.165, 1.54) is 0 Å². The van der Waals surface area contributed by atoms with Gasteiger partial charge in [0.2, 0.25) is 0 Å². The second-order valence-corrected chi connectivity index (χ2v) is 6.47. The van der Waals surface area contributed by atoms with E-state index in [4.69, 9.17) is 9.47 Å². The van der Waals surface area contributed by atoms with Gasteiger partial charge < -0.3 is 9.47 Å². The molecule has 1 aromatic rings. The van der Waals surface area contributed by atoms with Crippen LogP contribution in [0.5, 0.6) is 0 Å². The largest absolute Gasteiger partial charge is 0.461 e. The van der Waals surface area contributed by atoms with Crippen LogP contribution in [-0.2, 0) is 20.9 Å². The van der Waals surface area contributed by atoms with Crippen LogP contribution < -0.4 is 0 Å². The molecule has 2 rings (SSSR count). The monoisotopic (exact) mass is 294 g/mol. The van der Waals surface area contributed by atoms with Crippen molar-refractivity contribution in [3.8, 4) is 0 Å². The van der Waals surface area contributed by atoms with Gasteiger partial charge in [0.25, 0.3) is 0 Å². The Hall–Kier alpha value is -1.00. The molecule has 1 aliphatic heterocycles. The van der Waals surface area contributed by atoms with Crippen LogP contribution in [0.1, 0.15) is 25.3 Å². The van der Waals surface area contributed by atoms with Crippen molar-refractivity contribution in [1.29, 1.82) is 0 Å². The summed E-state index contributed by atoms with van der Waals surface area (Å²) in [6.07, 6.45) is 2.19. The minimum atomic E-state index is -0.103. The van der Waals surface area contributed by atoms with Crippen molar-refractivity contribution < 1.29 is 14.3 Å². The summed E-state index contributed by atoms with van der Waals surface area (Å²) in [6, 6.07) is 9.79. The molecular weight excluding hydrogens is 272 g/mol. The van der Waals surface area contributed by atoms with Crippen molar-refractivity contribution in [3.63, 3.8) is 0 Å². The number of rotatable bonds is 6. The van der Waals surface area contributed by atoms with Crippen molar-refractivity contribution in [2.45, 2.75) is 31.6 Å². The summed E-state index contributed by atoms with van der Waals surface area (Å²) in [7, 11) is 0. The molecule has 1 atom stereocenters. The second-order valence-electron chi connectivity index (χ2n) is 5.14. The van der Waals surface area contributed by atoms with Gasteiger partial charge in [-0.2, -0.15) is 11.8 Å². The van der Waals surface area contributed by atoms with E-state index in [2.05, 4.69) is 0 Å². The van der Waals surface area contributed by atoms with Gasteiger partial charge in [-0.3, -0.25) is 4.79 Å². The standard InChI is InChI=1S/C16H22O3S/c1-13(12-20-15-7-9-18-10-8-15)16(17)19-11-14-5-3-2-4-6-14/h2-6,13,15H,7-12H2,1H3. The van der Waals surface area contributed by atoms with Crippen LogP contribution in [0.2, 0.25) is 0 Å². The van der Waals surface area contributed by atoms with E-state index in [-0.39, 0.29) is 11.9 Å². The van der Waals surface area contributed by atoms with Gasteiger partial charge in [-0.15, -0.1) is 0 Å². The van der Waals surface area contributed by atoms with E-state index in [0.29, 0.717) is 11.9 Å². The van der Waals surface area contributed by atoms with E-state index < -0.39 is 0 Å². The first-order valence-corrected chi connectivity index (χ1v) is 8.20. The fourth-order valence-corrected chi connectivity index (χ4v) is 3.28. The molecule has 0 amide bonds. The Morgan fingerprint density at radius 2 is 2.05 bits per heavy atom. The van der Waals surface area contributed by atoms with Crippen molar-refractivity contribution in [2.24, 2.45) is 5.92 Å². The molecule has 1 saturated heterocycles. The Bertz CT molecular complexity index is 401. The zero-order chi connectivity index (χ0) is 14.2. The molecule has 0 N–H and O–H groups in total. The maximum Gasteiger partial charge on any atom is 0.309 e. The fourth-order valence-electron chi connectivity index (χ4n) is 2.06. The third-order valence-corrected chi connectivity index (χ3v) is 5.01. The van der Waals surface area contributed by atoms with Crippen LogP contribution in [-0.4, -0.2) is 30.2 Å². The summed E-state index contributed by atoms with van der Waals surface area (Å²) in [6.45, 7) is 4.01. The average Bonchev–Trinajstić information content (AvgIpc) is 2.52. The molecule has 0 aliphatic carbocycles. The predicted molar refractivity (Wildman–Crippen MR) is 81.7 cm³/mol. The molecular formula is C16H22O3S. The minimum Gasteiger partial charge on any atom is -0.461 e. The third-order valence-electron chi connectivity index (χ3n) is 3.38. The number of thioether (sulfide) groups is 1. The van der Waals surface area contributed by atoms with E-state index in [9.17, 15) is 4.79 Å². The molecule has 0 saturated carbocycles. The molecule has 4 heteroatoms. The number of esters is 1. The Balaban J connectivity index is 1.66. The summed E-state index contributed by atoms with van der Waals surface area (Å²) < 4.78 is 10.7. The lowest BCUT2D eigenvalue weighted by molar-refractivity contribution is -0.148. The molecule has 0 aromatic heterocycles. The Labute approximate surface area is 125 Å². The summed E-state index contributed by atoms with van der Waals surface area (Å²) >= 11 is 1.87. The van der Waals surface area contributed by atoms with E-state index in [0.717, 1.165) is 37.4 Å². The zero-order valence-corrected chi connectivity index (χ0v) is 12.7. The molecule has 1 aromatic carbocycles. The van der Waals surface area contributed by atoms with Crippen molar-refractivity contribution >= 4 is 17.7 Å². The highest BCUT2D eigenvalue weighted by Gasteiger charge is 2.19. The first-order valence-electron chi connectivity index (χ1n) is 7.15.